The molecule has 1 saturated heterocycles. The van der Waals surface area contributed by atoms with E-state index in [0.29, 0.717) is 25.9 Å². The first-order chi connectivity index (χ1) is 11.4. The molecule has 2 amide bonds. The summed E-state index contributed by atoms with van der Waals surface area (Å²) >= 11 is 12.0. The summed E-state index contributed by atoms with van der Waals surface area (Å²) in [6.07, 6.45) is 2.39. The Bertz CT molecular complexity index is 648. The van der Waals surface area contributed by atoms with Gasteiger partial charge in [-0.2, -0.15) is 0 Å². The van der Waals surface area contributed by atoms with Crippen LogP contribution < -0.4 is 5.32 Å². The normalized spacial score (nSPS) is 15.0. The number of benzene rings is 1. The van der Waals surface area contributed by atoms with E-state index in [2.05, 4.69) is 11.9 Å². The van der Waals surface area contributed by atoms with Crippen LogP contribution in [0.4, 0.5) is 0 Å². The molecule has 128 valence electrons. The van der Waals surface area contributed by atoms with Crippen molar-refractivity contribution in [1.29, 1.82) is 0 Å². The average Bonchev–Trinajstić information content (AvgIpc) is 2.59. The van der Waals surface area contributed by atoms with Gasteiger partial charge in [-0.3, -0.25) is 14.4 Å². The fourth-order valence-corrected chi connectivity index (χ4v) is 3.26. The predicted octanol–water partition coefficient (Wildman–Crippen LogP) is 2.72. The number of likely N-dealkylation sites (tertiary alicyclic amines) is 1. The van der Waals surface area contributed by atoms with Crippen LogP contribution in [0.1, 0.15) is 23.2 Å². The third-order valence-corrected chi connectivity index (χ3v) is 4.65. The van der Waals surface area contributed by atoms with E-state index >= 15 is 0 Å². The van der Waals surface area contributed by atoms with Crippen molar-refractivity contribution < 1.29 is 14.4 Å². The molecule has 0 atom stereocenters. The Hall–Kier alpha value is -1.85. The van der Waals surface area contributed by atoms with Crippen molar-refractivity contribution in [2.45, 2.75) is 12.8 Å². The monoisotopic (exact) mass is 368 g/mol. The number of carbonyl (C=O) groups is 3. The standard InChI is InChI=1S/C17H18Cl2N2O3/c1-2-15(23)21-8-6-11(7-9-21)17(24)20-10-14(22)16-12(18)4-3-5-13(16)19/h2-5,11H,1,6-10H2,(H,20,24). The molecule has 24 heavy (non-hydrogen) atoms. The topological polar surface area (TPSA) is 66.5 Å². The Balaban J connectivity index is 1.87. The number of nitrogens with zero attached hydrogens (tertiary/aromatic N) is 1. The zero-order valence-electron chi connectivity index (χ0n) is 13.1. The van der Waals surface area contributed by atoms with Gasteiger partial charge in [0.25, 0.3) is 0 Å². The SMILES string of the molecule is C=CC(=O)N1CCC(C(=O)NCC(=O)c2c(Cl)cccc2Cl)CC1. The molecule has 1 aliphatic heterocycles. The summed E-state index contributed by atoms with van der Waals surface area (Å²) in [6, 6.07) is 4.81. The average molecular weight is 369 g/mol. The summed E-state index contributed by atoms with van der Waals surface area (Å²) in [5, 5.41) is 3.16. The minimum atomic E-state index is -0.335. The van der Waals surface area contributed by atoms with Crippen LogP contribution in [0.2, 0.25) is 10.0 Å². The summed E-state index contributed by atoms with van der Waals surface area (Å²) in [7, 11) is 0. The maximum Gasteiger partial charge on any atom is 0.245 e. The van der Waals surface area contributed by atoms with Gasteiger partial charge in [0.05, 0.1) is 22.2 Å². The lowest BCUT2D eigenvalue weighted by Crippen LogP contribution is -2.43. The molecule has 1 fully saturated rings. The highest BCUT2D eigenvalue weighted by Gasteiger charge is 2.27. The summed E-state index contributed by atoms with van der Waals surface area (Å²) in [4.78, 5) is 37.6. The van der Waals surface area contributed by atoms with Crippen molar-refractivity contribution in [3.05, 3.63) is 46.5 Å². The largest absolute Gasteiger partial charge is 0.348 e. The summed E-state index contributed by atoms with van der Waals surface area (Å²) in [5.41, 5.74) is 0.215. The van der Waals surface area contributed by atoms with E-state index < -0.39 is 0 Å². The quantitative estimate of drug-likeness (QED) is 0.641. The highest BCUT2D eigenvalue weighted by atomic mass is 35.5. The maximum atomic E-state index is 12.2. The van der Waals surface area contributed by atoms with E-state index in [-0.39, 0.29) is 45.7 Å². The van der Waals surface area contributed by atoms with Gasteiger partial charge >= 0.3 is 0 Å². The van der Waals surface area contributed by atoms with Crippen LogP contribution in [0.25, 0.3) is 0 Å². The van der Waals surface area contributed by atoms with Gasteiger partial charge < -0.3 is 10.2 Å². The van der Waals surface area contributed by atoms with Gasteiger partial charge in [-0.25, -0.2) is 0 Å². The number of piperidine rings is 1. The molecule has 0 spiro atoms. The molecule has 0 aliphatic carbocycles. The van der Waals surface area contributed by atoms with Gasteiger partial charge in [-0.15, -0.1) is 0 Å². The van der Waals surface area contributed by atoms with Crippen LogP contribution in [0.15, 0.2) is 30.9 Å². The minimum absolute atomic E-state index is 0.127. The highest BCUT2D eigenvalue weighted by molar-refractivity contribution is 6.40. The molecular formula is C17H18Cl2N2O3. The van der Waals surface area contributed by atoms with Crippen molar-refractivity contribution in [1.82, 2.24) is 10.2 Å². The fourth-order valence-electron chi connectivity index (χ4n) is 2.66. The number of hydrogen-bond acceptors (Lipinski definition) is 3. The first-order valence-corrected chi connectivity index (χ1v) is 8.36. The molecule has 0 saturated carbocycles. The molecule has 1 aliphatic rings. The van der Waals surface area contributed by atoms with Crippen LogP contribution in [-0.2, 0) is 9.59 Å². The number of hydrogen-bond donors (Lipinski definition) is 1. The Morgan fingerprint density at radius 2 is 1.79 bits per heavy atom. The predicted molar refractivity (Wildman–Crippen MR) is 93.3 cm³/mol. The van der Waals surface area contributed by atoms with E-state index in [4.69, 9.17) is 23.2 Å². The Kier molecular flexibility index (Phi) is 6.40. The Labute approximate surface area is 150 Å². The molecular weight excluding hydrogens is 351 g/mol. The smallest absolute Gasteiger partial charge is 0.245 e. The first-order valence-electron chi connectivity index (χ1n) is 7.60. The highest BCUT2D eigenvalue weighted by Crippen LogP contribution is 2.24. The van der Waals surface area contributed by atoms with Crippen molar-refractivity contribution >= 4 is 40.8 Å². The first kappa shape index (κ1) is 18.5. The number of Topliss-reactive ketones (excluding diaryl/α,β-unsaturated/α-hetero) is 1. The van der Waals surface area contributed by atoms with E-state index in [1.54, 1.807) is 23.1 Å². The molecule has 5 nitrogen and oxygen atoms in total. The third-order valence-electron chi connectivity index (χ3n) is 4.02. The number of carbonyl (C=O) groups excluding carboxylic acids is 3. The lowest BCUT2D eigenvalue weighted by Gasteiger charge is -2.30. The van der Waals surface area contributed by atoms with Crippen LogP contribution in [-0.4, -0.2) is 42.1 Å². The molecule has 2 rings (SSSR count). The van der Waals surface area contributed by atoms with Crippen molar-refractivity contribution in [2.24, 2.45) is 5.92 Å². The lowest BCUT2D eigenvalue weighted by atomic mass is 9.95. The van der Waals surface area contributed by atoms with Crippen LogP contribution in [0.5, 0.6) is 0 Å². The fraction of sp³-hybridized carbons (Fsp3) is 0.353. The Morgan fingerprint density at radius 1 is 1.21 bits per heavy atom. The number of amides is 2. The van der Waals surface area contributed by atoms with Crippen LogP contribution >= 0.6 is 23.2 Å². The number of ketones is 1. The summed E-state index contributed by atoms with van der Waals surface area (Å²) < 4.78 is 0. The van der Waals surface area contributed by atoms with Gasteiger partial charge in [-0.1, -0.05) is 35.8 Å². The van der Waals surface area contributed by atoms with Gasteiger partial charge in [0.15, 0.2) is 5.78 Å². The van der Waals surface area contributed by atoms with E-state index in [1.807, 2.05) is 0 Å². The molecule has 0 unspecified atom stereocenters. The summed E-state index contributed by atoms with van der Waals surface area (Å²) in [6.45, 7) is 4.31. The Morgan fingerprint density at radius 3 is 2.33 bits per heavy atom. The number of halogens is 2. The third kappa shape index (κ3) is 4.36. The van der Waals surface area contributed by atoms with Crippen molar-refractivity contribution in [3.63, 3.8) is 0 Å². The number of rotatable bonds is 5. The van der Waals surface area contributed by atoms with E-state index in [0.717, 1.165) is 0 Å². The van der Waals surface area contributed by atoms with Crippen molar-refractivity contribution in [2.75, 3.05) is 19.6 Å². The summed E-state index contributed by atoms with van der Waals surface area (Å²) in [5.74, 6) is -0.874. The lowest BCUT2D eigenvalue weighted by molar-refractivity contribution is -0.132. The minimum Gasteiger partial charge on any atom is -0.348 e. The zero-order chi connectivity index (χ0) is 17.7. The number of nitrogens with one attached hydrogen (secondary N) is 1. The molecule has 0 bridgehead atoms. The van der Waals surface area contributed by atoms with E-state index in [9.17, 15) is 14.4 Å². The zero-order valence-corrected chi connectivity index (χ0v) is 14.6. The molecule has 1 heterocycles. The molecule has 7 heteroatoms. The molecule has 1 aromatic carbocycles. The molecule has 0 radical (unpaired) electrons. The van der Waals surface area contributed by atoms with Gasteiger partial charge in [0.1, 0.15) is 0 Å². The van der Waals surface area contributed by atoms with Gasteiger partial charge in [0, 0.05) is 19.0 Å². The maximum absolute atomic E-state index is 12.2. The van der Waals surface area contributed by atoms with Gasteiger partial charge in [0.2, 0.25) is 11.8 Å². The second-order valence-corrected chi connectivity index (χ2v) is 6.36. The molecule has 1 N–H and O–H groups in total. The van der Waals surface area contributed by atoms with E-state index in [1.165, 1.54) is 6.08 Å². The molecule has 1 aromatic rings. The second-order valence-electron chi connectivity index (χ2n) is 5.54. The van der Waals surface area contributed by atoms with Crippen LogP contribution in [0.3, 0.4) is 0 Å². The van der Waals surface area contributed by atoms with Crippen molar-refractivity contribution in [3.8, 4) is 0 Å². The second kappa shape index (κ2) is 8.31. The van der Waals surface area contributed by atoms with Crippen LogP contribution in [0, 0.1) is 5.92 Å². The van der Waals surface area contributed by atoms with Gasteiger partial charge in [-0.05, 0) is 31.1 Å². The molecule has 0 aromatic heterocycles.